The Balaban J connectivity index is 1.31. The zero-order chi connectivity index (χ0) is 22.7. The number of aryl methyl sites for hydroxylation is 2. The van der Waals surface area contributed by atoms with Gasteiger partial charge < -0.3 is 19.9 Å². The summed E-state index contributed by atoms with van der Waals surface area (Å²) in [5.74, 6) is -1.95. The average molecular weight is 437 g/mol. The molecule has 0 fully saturated rings. The molecule has 1 aromatic heterocycles. The molecule has 0 unspecified atom stereocenters. The van der Waals surface area contributed by atoms with Crippen LogP contribution in [0, 0.1) is 5.82 Å². The normalized spacial score (nSPS) is 12.8. The van der Waals surface area contributed by atoms with E-state index in [1.54, 1.807) is 6.07 Å². The number of esters is 1. The maximum Gasteiger partial charge on any atom is 0.338 e. The highest BCUT2D eigenvalue weighted by Gasteiger charge is 2.19. The number of carbonyl (C=O) groups excluding carboxylic acids is 3. The number of hydrogen-bond donors (Lipinski definition) is 2. The van der Waals surface area contributed by atoms with Crippen LogP contribution < -0.4 is 5.32 Å². The number of nitrogens with one attached hydrogen (secondary N) is 2. The number of aromatic nitrogens is 1. The Morgan fingerprint density at radius 2 is 1.84 bits per heavy atom. The van der Waals surface area contributed by atoms with Crippen molar-refractivity contribution in [2.75, 3.05) is 25.5 Å². The number of ether oxygens (including phenoxy) is 1. The van der Waals surface area contributed by atoms with E-state index in [-0.39, 0.29) is 6.54 Å². The van der Waals surface area contributed by atoms with Crippen LogP contribution in [0.1, 0.15) is 34.5 Å². The summed E-state index contributed by atoms with van der Waals surface area (Å²) in [6.07, 6.45) is 4.28. The van der Waals surface area contributed by atoms with Crippen molar-refractivity contribution in [2.45, 2.75) is 25.7 Å². The Kier molecular flexibility index (Phi) is 6.20. The summed E-state index contributed by atoms with van der Waals surface area (Å²) in [5.41, 5.74) is 4.29. The number of amides is 2. The molecule has 3 aromatic rings. The van der Waals surface area contributed by atoms with Crippen LogP contribution in [0.2, 0.25) is 0 Å². The van der Waals surface area contributed by atoms with Gasteiger partial charge >= 0.3 is 5.97 Å². The van der Waals surface area contributed by atoms with E-state index in [1.165, 1.54) is 42.6 Å². The van der Waals surface area contributed by atoms with Crippen molar-refractivity contribution in [3.05, 3.63) is 65.1 Å². The highest BCUT2D eigenvalue weighted by Crippen LogP contribution is 2.29. The lowest BCUT2D eigenvalue weighted by Gasteiger charge is -2.17. The Morgan fingerprint density at radius 1 is 1.09 bits per heavy atom. The van der Waals surface area contributed by atoms with Gasteiger partial charge in [0.1, 0.15) is 5.82 Å². The van der Waals surface area contributed by atoms with E-state index in [9.17, 15) is 18.8 Å². The summed E-state index contributed by atoms with van der Waals surface area (Å²) in [5, 5.41) is 3.60. The van der Waals surface area contributed by atoms with Crippen molar-refractivity contribution in [3.8, 4) is 0 Å². The maximum atomic E-state index is 12.9. The summed E-state index contributed by atoms with van der Waals surface area (Å²) in [6, 6.07) is 10.7. The smallest absolute Gasteiger partial charge is 0.338 e. The predicted octanol–water partition coefficient (Wildman–Crippen LogP) is 3.44. The van der Waals surface area contributed by atoms with Crippen molar-refractivity contribution in [1.82, 2.24) is 9.88 Å². The van der Waals surface area contributed by atoms with E-state index in [1.807, 2.05) is 12.1 Å². The Bertz CT molecular complexity index is 1170. The van der Waals surface area contributed by atoms with Crippen molar-refractivity contribution in [2.24, 2.45) is 0 Å². The molecule has 32 heavy (non-hydrogen) atoms. The minimum absolute atomic E-state index is 0.227. The molecule has 0 radical (unpaired) electrons. The van der Waals surface area contributed by atoms with Crippen LogP contribution in [0.3, 0.4) is 0 Å². The van der Waals surface area contributed by atoms with E-state index in [2.05, 4.69) is 10.3 Å². The molecule has 8 heteroatoms. The summed E-state index contributed by atoms with van der Waals surface area (Å²) in [7, 11) is 1.44. The fourth-order valence-corrected chi connectivity index (χ4v) is 3.89. The molecule has 0 saturated heterocycles. The van der Waals surface area contributed by atoms with Gasteiger partial charge in [0.05, 0.1) is 12.1 Å². The molecule has 0 bridgehead atoms. The van der Waals surface area contributed by atoms with Crippen molar-refractivity contribution in [3.63, 3.8) is 0 Å². The third-order valence-electron chi connectivity index (χ3n) is 5.60. The highest BCUT2D eigenvalue weighted by molar-refractivity contribution is 5.98. The van der Waals surface area contributed by atoms with Gasteiger partial charge in [-0.3, -0.25) is 9.59 Å². The molecule has 0 saturated carbocycles. The summed E-state index contributed by atoms with van der Waals surface area (Å²) in [6.45, 7) is -0.697. The average Bonchev–Trinajstić information content (AvgIpc) is 3.16. The molecule has 2 N–H and O–H groups in total. The number of carbonyl (C=O) groups is 3. The van der Waals surface area contributed by atoms with Crippen LogP contribution >= 0.6 is 0 Å². The fourth-order valence-electron chi connectivity index (χ4n) is 3.89. The summed E-state index contributed by atoms with van der Waals surface area (Å²) >= 11 is 0. The van der Waals surface area contributed by atoms with Gasteiger partial charge in [-0.1, -0.05) is 0 Å². The zero-order valence-corrected chi connectivity index (χ0v) is 17.7. The molecule has 7 nitrogen and oxygen atoms in total. The molecule has 2 amide bonds. The SMILES string of the molecule is CN(CC(=O)Nc1ccc(F)cc1)C(=O)COC(=O)c1ccc2[nH]c3c(c2c1)CCCC3. The minimum atomic E-state index is -0.588. The third-order valence-corrected chi connectivity index (χ3v) is 5.60. The molecular formula is C24H24FN3O4. The molecule has 1 aliphatic rings. The van der Waals surface area contributed by atoms with Crippen molar-refractivity contribution >= 4 is 34.4 Å². The first kappa shape index (κ1) is 21.5. The number of aromatic amines is 1. The molecule has 1 aliphatic carbocycles. The summed E-state index contributed by atoms with van der Waals surface area (Å²) < 4.78 is 18.1. The van der Waals surface area contributed by atoms with Gasteiger partial charge in [-0.05, 0) is 73.7 Å². The van der Waals surface area contributed by atoms with Crippen LogP contribution in [-0.4, -0.2) is 47.9 Å². The number of hydrogen-bond acceptors (Lipinski definition) is 4. The van der Waals surface area contributed by atoms with Crippen molar-refractivity contribution < 1.29 is 23.5 Å². The van der Waals surface area contributed by atoms with Gasteiger partial charge in [0, 0.05) is 29.3 Å². The van der Waals surface area contributed by atoms with Gasteiger partial charge in [-0.2, -0.15) is 0 Å². The largest absolute Gasteiger partial charge is 0.452 e. The standard InChI is InChI=1S/C24H24FN3O4/c1-28(13-22(29)26-17-9-7-16(25)8-10-17)23(30)14-32-24(31)15-6-11-21-19(12-15)18-4-2-3-5-20(18)27-21/h6-12,27H,2-5,13-14H2,1H3,(H,26,29). The lowest BCUT2D eigenvalue weighted by Crippen LogP contribution is -2.37. The van der Waals surface area contributed by atoms with Gasteiger partial charge in [-0.25, -0.2) is 9.18 Å². The summed E-state index contributed by atoms with van der Waals surface area (Å²) in [4.78, 5) is 41.4. The third kappa shape index (κ3) is 4.80. The first-order valence-electron chi connectivity index (χ1n) is 10.5. The first-order chi connectivity index (χ1) is 15.4. The van der Waals surface area contributed by atoms with Gasteiger partial charge in [0.2, 0.25) is 5.91 Å². The van der Waals surface area contributed by atoms with E-state index in [4.69, 9.17) is 4.74 Å². The Morgan fingerprint density at radius 3 is 2.62 bits per heavy atom. The van der Waals surface area contributed by atoms with E-state index >= 15 is 0 Å². The molecule has 0 spiro atoms. The second-order valence-electron chi connectivity index (χ2n) is 7.93. The van der Waals surface area contributed by atoms with E-state index in [0.29, 0.717) is 11.3 Å². The zero-order valence-electron chi connectivity index (χ0n) is 17.7. The van der Waals surface area contributed by atoms with Gasteiger partial charge in [-0.15, -0.1) is 0 Å². The number of halogens is 1. The fraction of sp³-hybridized carbons (Fsp3) is 0.292. The molecular weight excluding hydrogens is 413 g/mol. The molecule has 4 rings (SSSR count). The maximum absolute atomic E-state index is 12.9. The monoisotopic (exact) mass is 437 g/mol. The number of benzene rings is 2. The number of anilines is 1. The Labute approximate surface area is 184 Å². The molecule has 166 valence electrons. The molecule has 0 aliphatic heterocycles. The number of likely N-dealkylation sites (N-methyl/N-ethyl adjacent to an activating group) is 1. The number of fused-ring (bicyclic) bond motifs is 3. The predicted molar refractivity (Wildman–Crippen MR) is 118 cm³/mol. The van der Waals surface area contributed by atoms with Gasteiger partial charge in [0.25, 0.3) is 5.91 Å². The highest BCUT2D eigenvalue weighted by atomic mass is 19.1. The van der Waals surface area contributed by atoms with E-state index < -0.39 is 30.2 Å². The second-order valence-corrected chi connectivity index (χ2v) is 7.93. The second kappa shape index (κ2) is 9.21. The van der Waals surface area contributed by atoms with E-state index in [0.717, 1.165) is 41.5 Å². The number of nitrogens with zero attached hydrogens (tertiary/aromatic N) is 1. The lowest BCUT2D eigenvalue weighted by molar-refractivity contribution is -0.136. The molecule has 1 heterocycles. The topological polar surface area (TPSA) is 91.5 Å². The van der Waals surface area contributed by atoms with Gasteiger partial charge in [0.15, 0.2) is 6.61 Å². The van der Waals surface area contributed by atoms with Crippen LogP contribution in [0.5, 0.6) is 0 Å². The lowest BCUT2D eigenvalue weighted by atomic mass is 9.95. The number of rotatable bonds is 6. The molecule has 2 aromatic carbocycles. The first-order valence-corrected chi connectivity index (χ1v) is 10.5. The van der Waals surface area contributed by atoms with Crippen LogP contribution in [0.25, 0.3) is 10.9 Å². The minimum Gasteiger partial charge on any atom is -0.452 e. The van der Waals surface area contributed by atoms with Crippen LogP contribution in [0.15, 0.2) is 42.5 Å². The Hall–Kier alpha value is -3.68. The van der Waals surface area contributed by atoms with Crippen LogP contribution in [0.4, 0.5) is 10.1 Å². The van der Waals surface area contributed by atoms with Crippen molar-refractivity contribution in [1.29, 1.82) is 0 Å². The van der Waals surface area contributed by atoms with Crippen LogP contribution in [-0.2, 0) is 27.2 Å². The molecule has 0 atom stereocenters. The number of H-pyrrole nitrogens is 1. The quantitative estimate of drug-likeness (QED) is 0.578.